The molecule has 0 heterocycles. The van der Waals surface area contributed by atoms with Crippen LogP contribution in [0.25, 0.3) is 0 Å². The van der Waals surface area contributed by atoms with Gasteiger partial charge in [0.25, 0.3) is 0 Å². The lowest BCUT2D eigenvalue weighted by molar-refractivity contribution is 0.0982. The minimum atomic E-state index is -0.103. The van der Waals surface area contributed by atoms with E-state index < -0.39 is 0 Å². The van der Waals surface area contributed by atoms with Gasteiger partial charge in [-0.1, -0.05) is 29.3 Å². The minimum absolute atomic E-state index is 0.0602. The van der Waals surface area contributed by atoms with Gasteiger partial charge in [0, 0.05) is 12.6 Å². The molecule has 0 aliphatic heterocycles. The highest BCUT2D eigenvalue weighted by atomic mass is 35.5. The van der Waals surface area contributed by atoms with Gasteiger partial charge in [0.05, 0.1) is 15.6 Å². The van der Waals surface area contributed by atoms with Crippen LogP contribution in [0, 0.1) is 0 Å². The smallest absolute Gasteiger partial charge is 0.165 e. The molecular weight excluding hydrogens is 254 g/mol. The van der Waals surface area contributed by atoms with Crippen molar-refractivity contribution in [1.82, 2.24) is 0 Å². The first-order chi connectivity index (χ1) is 7.16. The number of halogens is 2. The molecule has 80 valence electrons. The Kier molecular flexibility index (Phi) is 5.24. The van der Waals surface area contributed by atoms with Crippen LogP contribution in [0.15, 0.2) is 18.2 Å². The molecule has 0 aliphatic rings. The summed E-state index contributed by atoms with van der Waals surface area (Å²) in [5.41, 5.74) is 0.364. The molecule has 0 atom stereocenters. The van der Waals surface area contributed by atoms with Crippen molar-refractivity contribution in [3.05, 3.63) is 33.8 Å². The van der Waals surface area contributed by atoms with Crippen molar-refractivity contribution in [2.24, 2.45) is 0 Å². The molecule has 0 saturated carbocycles. The SMILES string of the molecule is O=PCCCC(=O)c1c(Cl)cccc1Cl. The van der Waals surface area contributed by atoms with Gasteiger partial charge in [0.15, 0.2) is 14.2 Å². The Balaban J connectivity index is 2.77. The van der Waals surface area contributed by atoms with Crippen LogP contribution in [0.4, 0.5) is 0 Å². The van der Waals surface area contributed by atoms with Crippen LogP contribution >= 0.6 is 31.7 Å². The molecule has 0 aliphatic carbocycles. The van der Waals surface area contributed by atoms with Crippen molar-refractivity contribution in [2.75, 3.05) is 6.16 Å². The average molecular weight is 263 g/mol. The first-order valence-electron chi connectivity index (χ1n) is 4.43. The summed E-state index contributed by atoms with van der Waals surface area (Å²) in [6.45, 7) is 0. The van der Waals surface area contributed by atoms with E-state index in [1.54, 1.807) is 18.2 Å². The molecular formula is C10H9Cl2O2P. The molecule has 0 unspecified atom stereocenters. The molecule has 1 aromatic rings. The van der Waals surface area contributed by atoms with Gasteiger partial charge in [-0.05, 0) is 18.6 Å². The van der Waals surface area contributed by atoms with Crippen molar-refractivity contribution >= 4 is 37.4 Å². The fourth-order valence-corrected chi connectivity index (χ4v) is 2.09. The number of ketones is 1. The van der Waals surface area contributed by atoms with Crippen molar-refractivity contribution < 1.29 is 9.36 Å². The summed E-state index contributed by atoms with van der Waals surface area (Å²) in [6.07, 6.45) is 1.37. The molecule has 0 bridgehead atoms. The number of benzene rings is 1. The lowest BCUT2D eigenvalue weighted by Crippen LogP contribution is -2.01. The van der Waals surface area contributed by atoms with E-state index in [9.17, 15) is 9.36 Å². The third-order valence-electron chi connectivity index (χ3n) is 1.89. The fraction of sp³-hybridized carbons (Fsp3) is 0.300. The van der Waals surface area contributed by atoms with Crippen molar-refractivity contribution in [1.29, 1.82) is 0 Å². The zero-order chi connectivity index (χ0) is 11.3. The molecule has 0 N–H and O–H groups in total. The third kappa shape index (κ3) is 3.57. The van der Waals surface area contributed by atoms with Crippen LogP contribution in [0.1, 0.15) is 23.2 Å². The van der Waals surface area contributed by atoms with E-state index in [2.05, 4.69) is 0 Å². The maximum atomic E-state index is 11.7. The summed E-state index contributed by atoms with van der Waals surface area (Å²) < 4.78 is 10.2. The normalized spacial score (nSPS) is 10.5. The van der Waals surface area contributed by atoms with Crippen LogP contribution < -0.4 is 0 Å². The summed E-state index contributed by atoms with van der Waals surface area (Å²) >= 11 is 11.7. The van der Waals surface area contributed by atoms with E-state index in [4.69, 9.17) is 23.2 Å². The van der Waals surface area contributed by atoms with E-state index >= 15 is 0 Å². The topological polar surface area (TPSA) is 34.1 Å². The highest BCUT2D eigenvalue weighted by Crippen LogP contribution is 2.25. The average Bonchev–Trinajstić information content (AvgIpc) is 2.18. The fourth-order valence-electron chi connectivity index (χ4n) is 1.19. The van der Waals surface area contributed by atoms with Crippen LogP contribution in [-0.4, -0.2) is 11.9 Å². The molecule has 2 nitrogen and oxygen atoms in total. The Labute approximate surface area is 99.8 Å². The van der Waals surface area contributed by atoms with Gasteiger partial charge in [0.2, 0.25) is 0 Å². The first-order valence-corrected chi connectivity index (χ1v) is 6.18. The summed E-state index contributed by atoms with van der Waals surface area (Å²) in [5.74, 6) is -0.103. The van der Waals surface area contributed by atoms with Gasteiger partial charge >= 0.3 is 0 Å². The number of carbonyl (C=O) groups excluding carboxylic acids is 1. The Morgan fingerprint density at radius 3 is 2.40 bits per heavy atom. The molecule has 0 aromatic heterocycles. The molecule has 0 fully saturated rings. The van der Waals surface area contributed by atoms with Crippen molar-refractivity contribution in [3.8, 4) is 0 Å². The Morgan fingerprint density at radius 1 is 1.27 bits per heavy atom. The number of hydrogen-bond donors (Lipinski definition) is 0. The van der Waals surface area contributed by atoms with E-state index in [0.717, 1.165) is 0 Å². The molecule has 5 heteroatoms. The Hall–Kier alpha value is -0.430. The summed E-state index contributed by atoms with van der Waals surface area (Å²) in [4.78, 5) is 11.7. The summed E-state index contributed by atoms with van der Waals surface area (Å²) in [5, 5.41) is 0.736. The van der Waals surface area contributed by atoms with E-state index in [1.165, 1.54) is 0 Å². The second-order valence-corrected chi connectivity index (χ2v) is 4.50. The van der Waals surface area contributed by atoms with Crippen molar-refractivity contribution in [3.63, 3.8) is 0 Å². The number of carbonyl (C=O) groups is 1. The number of rotatable bonds is 5. The molecule has 0 saturated heterocycles. The van der Waals surface area contributed by atoms with Crippen LogP contribution in [0.5, 0.6) is 0 Å². The second kappa shape index (κ2) is 6.22. The molecule has 0 spiro atoms. The monoisotopic (exact) mass is 262 g/mol. The van der Waals surface area contributed by atoms with Crippen LogP contribution in [0.2, 0.25) is 10.0 Å². The standard InChI is InChI=1S/C10H9Cl2O2P/c11-7-3-1-4-8(12)10(7)9(13)5-2-6-15-14/h1,3-4H,2,5-6H2. The van der Waals surface area contributed by atoms with Gasteiger partial charge in [-0.25, -0.2) is 0 Å². The zero-order valence-electron chi connectivity index (χ0n) is 7.87. The van der Waals surface area contributed by atoms with Gasteiger partial charge in [-0.15, -0.1) is 0 Å². The van der Waals surface area contributed by atoms with Gasteiger partial charge in [-0.3, -0.25) is 9.36 Å². The lowest BCUT2D eigenvalue weighted by Gasteiger charge is -2.04. The van der Waals surface area contributed by atoms with E-state index in [-0.39, 0.29) is 14.2 Å². The quantitative estimate of drug-likeness (QED) is 0.452. The Bertz CT molecular complexity index is 359. The molecule has 1 rings (SSSR count). The maximum Gasteiger partial charge on any atom is 0.165 e. The Morgan fingerprint density at radius 2 is 1.87 bits per heavy atom. The second-order valence-electron chi connectivity index (χ2n) is 2.98. The van der Waals surface area contributed by atoms with E-state index in [1.807, 2.05) is 0 Å². The van der Waals surface area contributed by atoms with Gasteiger partial charge < -0.3 is 0 Å². The molecule has 1 aromatic carbocycles. The summed E-state index contributed by atoms with van der Waals surface area (Å²) in [7, 11) is 0.0602. The molecule has 0 radical (unpaired) electrons. The lowest BCUT2D eigenvalue weighted by atomic mass is 10.1. The van der Waals surface area contributed by atoms with Crippen LogP contribution in [0.3, 0.4) is 0 Å². The predicted octanol–water partition coefficient (Wildman–Crippen LogP) is 4.25. The first kappa shape index (κ1) is 12.6. The van der Waals surface area contributed by atoms with Crippen molar-refractivity contribution in [2.45, 2.75) is 12.8 Å². The largest absolute Gasteiger partial charge is 0.294 e. The number of Topliss-reactive ketones (excluding diaryl/α,β-unsaturated/α-hetero) is 1. The number of hydrogen-bond acceptors (Lipinski definition) is 2. The van der Waals surface area contributed by atoms with Crippen LogP contribution in [-0.2, 0) is 4.57 Å². The highest BCUT2D eigenvalue weighted by Gasteiger charge is 2.13. The summed E-state index contributed by atoms with van der Waals surface area (Å²) in [6, 6.07) is 4.96. The maximum absolute atomic E-state index is 11.7. The van der Waals surface area contributed by atoms with Gasteiger partial charge in [0.1, 0.15) is 0 Å². The molecule has 0 amide bonds. The minimum Gasteiger partial charge on any atom is -0.294 e. The third-order valence-corrected chi connectivity index (χ3v) is 3.02. The zero-order valence-corrected chi connectivity index (χ0v) is 10.3. The van der Waals surface area contributed by atoms with Gasteiger partial charge in [-0.2, -0.15) is 0 Å². The van der Waals surface area contributed by atoms with E-state index in [0.29, 0.717) is 34.6 Å². The highest BCUT2D eigenvalue weighted by molar-refractivity contribution is 7.23. The predicted molar refractivity (Wildman–Crippen MR) is 62.5 cm³/mol. The molecule has 15 heavy (non-hydrogen) atoms.